The van der Waals surface area contributed by atoms with Gasteiger partial charge in [-0.05, 0) is 40.5 Å². The van der Waals surface area contributed by atoms with E-state index in [2.05, 4.69) is 15.9 Å². The SMILES string of the molecule is CC(C(=O)O)c1ccc(OC2CS(=O)(=O)C2)c(Br)c1. The molecule has 0 saturated carbocycles. The van der Waals surface area contributed by atoms with E-state index in [0.717, 1.165) is 0 Å². The summed E-state index contributed by atoms with van der Waals surface area (Å²) in [6, 6.07) is 5.01. The first-order chi connectivity index (χ1) is 8.78. The van der Waals surface area contributed by atoms with Crippen LogP contribution in [0.15, 0.2) is 22.7 Å². The van der Waals surface area contributed by atoms with Gasteiger partial charge < -0.3 is 9.84 Å². The summed E-state index contributed by atoms with van der Waals surface area (Å²) in [5.74, 6) is -0.902. The predicted octanol–water partition coefficient (Wildman–Crippen LogP) is 1.81. The minimum absolute atomic E-state index is 0.0344. The van der Waals surface area contributed by atoms with Gasteiger partial charge >= 0.3 is 5.97 Å². The second-order valence-corrected chi connectivity index (χ2v) is 7.57. The van der Waals surface area contributed by atoms with Gasteiger partial charge in [0.2, 0.25) is 0 Å². The highest BCUT2D eigenvalue weighted by Crippen LogP contribution is 2.31. The largest absolute Gasteiger partial charge is 0.487 e. The molecule has 5 nitrogen and oxygen atoms in total. The van der Waals surface area contributed by atoms with E-state index >= 15 is 0 Å². The molecule has 1 N–H and O–H groups in total. The highest BCUT2D eigenvalue weighted by Gasteiger charge is 2.35. The Balaban J connectivity index is 2.10. The van der Waals surface area contributed by atoms with E-state index in [1.54, 1.807) is 25.1 Å². The van der Waals surface area contributed by atoms with Crippen molar-refractivity contribution < 1.29 is 23.1 Å². The van der Waals surface area contributed by atoms with Crippen molar-refractivity contribution in [1.29, 1.82) is 0 Å². The van der Waals surface area contributed by atoms with Gasteiger partial charge in [0.25, 0.3) is 0 Å². The number of hydrogen-bond acceptors (Lipinski definition) is 4. The lowest BCUT2D eigenvalue weighted by atomic mass is 10.0. The second-order valence-electron chi connectivity index (χ2n) is 4.57. The monoisotopic (exact) mass is 348 g/mol. The van der Waals surface area contributed by atoms with Gasteiger partial charge in [-0.25, -0.2) is 8.42 Å². The molecule has 1 saturated heterocycles. The van der Waals surface area contributed by atoms with Gasteiger partial charge in [0.15, 0.2) is 9.84 Å². The summed E-state index contributed by atoms with van der Waals surface area (Å²) in [7, 11) is -2.91. The van der Waals surface area contributed by atoms with Crippen molar-refractivity contribution in [2.45, 2.75) is 18.9 Å². The molecule has 1 atom stereocenters. The molecule has 1 aromatic rings. The van der Waals surface area contributed by atoms with Gasteiger partial charge in [0.05, 0.1) is 21.9 Å². The minimum Gasteiger partial charge on any atom is -0.487 e. The molecular formula is C12H13BrO5S. The van der Waals surface area contributed by atoms with Crippen molar-refractivity contribution in [3.8, 4) is 5.75 Å². The van der Waals surface area contributed by atoms with Crippen molar-refractivity contribution in [3.63, 3.8) is 0 Å². The van der Waals surface area contributed by atoms with Crippen LogP contribution in [0.1, 0.15) is 18.4 Å². The minimum atomic E-state index is -2.91. The lowest BCUT2D eigenvalue weighted by molar-refractivity contribution is -0.138. The van der Waals surface area contributed by atoms with Crippen LogP contribution in [0, 0.1) is 0 Å². The number of benzene rings is 1. The zero-order valence-corrected chi connectivity index (χ0v) is 12.6. The lowest BCUT2D eigenvalue weighted by Crippen LogP contribution is -2.45. The van der Waals surface area contributed by atoms with Crippen LogP contribution < -0.4 is 4.74 Å². The number of carboxylic acids is 1. The molecule has 1 unspecified atom stereocenters. The highest BCUT2D eigenvalue weighted by molar-refractivity contribution is 9.10. The van der Waals surface area contributed by atoms with Gasteiger partial charge in [-0.3, -0.25) is 4.79 Å². The van der Waals surface area contributed by atoms with Crippen LogP contribution in [0.3, 0.4) is 0 Å². The van der Waals surface area contributed by atoms with Crippen molar-refractivity contribution in [3.05, 3.63) is 28.2 Å². The number of aliphatic carboxylic acids is 1. The van der Waals surface area contributed by atoms with Gasteiger partial charge in [0.1, 0.15) is 11.9 Å². The summed E-state index contributed by atoms with van der Waals surface area (Å²) in [6.07, 6.45) is -0.316. The number of ether oxygens (including phenoxy) is 1. The Bertz CT molecular complexity index is 599. The van der Waals surface area contributed by atoms with Crippen LogP contribution in [0.5, 0.6) is 5.75 Å². The molecule has 0 radical (unpaired) electrons. The van der Waals surface area contributed by atoms with Crippen molar-refractivity contribution in [2.24, 2.45) is 0 Å². The number of carbonyl (C=O) groups is 1. The first-order valence-corrected chi connectivity index (χ1v) is 8.29. The van der Waals surface area contributed by atoms with Crippen LogP contribution in [0.25, 0.3) is 0 Å². The van der Waals surface area contributed by atoms with Crippen LogP contribution in [-0.2, 0) is 14.6 Å². The topological polar surface area (TPSA) is 80.7 Å². The molecule has 0 aliphatic carbocycles. The molecule has 0 spiro atoms. The summed E-state index contributed by atoms with van der Waals surface area (Å²) in [5, 5.41) is 8.93. The van der Waals surface area contributed by atoms with Crippen LogP contribution in [0.4, 0.5) is 0 Å². The Morgan fingerprint density at radius 3 is 2.58 bits per heavy atom. The Morgan fingerprint density at radius 2 is 2.11 bits per heavy atom. The fraction of sp³-hybridized carbons (Fsp3) is 0.417. The highest BCUT2D eigenvalue weighted by atomic mass is 79.9. The smallest absolute Gasteiger partial charge is 0.310 e. The fourth-order valence-electron chi connectivity index (χ4n) is 1.79. The van der Waals surface area contributed by atoms with Crippen LogP contribution in [-0.4, -0.2) is 37.1 Å². The summed E-state index contributed by atoms with van der Waals surface area (Å²) < 4.78 is 28.2. The van der Waals surface area contributed by atoms with E-state index < -0.39 is 21.7 Å². The van der Waals surface area contributed by atoms with Gasteiger partial charge in [0, 0.05) is 0 Å². The Labute approximate surface area is 119 Å². The molecule has 0 bridgehead atoms. The number of rotatable bonds is 4. The maximum absolute atomic E-state index is 11.0. The molecule has 1 aromatic carbocycles. The molecule has 1 aliphatic heterocycles. The van der Waals surface area contributed by atoms with Gasteiger partial charge in [-0.1, -0.05) is 6.07 Å². The van der Waals surface area contributed by atoms with E-state index in [1.165, 1.54) is 0 Å². The van der Waals surface area contributed by atoms with Crippen LogP contribution in [0.2, 0.25) is 0 Å². The quantitative estimate of drug-likeness (QED) is 0.897. The fourth-order valence-corrected chi connectivity index (χ4v) is 3.45. The molecule has 1 fully saturated rings. The third-order valence-electron chi connectivity index (χ3n) is 3.00. The maximum Gasteiger partial charge on any atom is 0.310 e. The number of carboxylic acid groups (broad SMARTS) is 1. The molecular weight excluding hydrogens is 336 g/mol. The first kappa shape index (κ1) is 14.3. The number of sulfone groups is 1. The number of halogens is 1. The molecule has 1 heterocycles. The zero-order valence-electron chi connectivity index (χ0n) is 10.2. The molecule has 0 amide bonds. The molecule has 19 heavy (non-hydrogen) atoms. The lowest BCUT2D eigenvalue weighted by Gasteiger charge is -2.27. The average molecular weight is 349 g/mol. The maximum atomic E-state index is 11.0. The van der Waals surface area contributed by atoms with E-state index in [4.69, 9.17) is 9.84 Å². The summed E-state index contributed by atoms with van der Waals surface area (Å²) >= 11 is 3.31. The summed E-state index contributed by atoms with van der Waals surface area (Å²) in [6.45, 7) is 1.60. The van der Waals surface area contributed by atoms with E-state index in [-0.39, 0.29) is 17.6 Å². The van der Waals surface area contributed by atoms with E-state index in [1.807, 2.05) is 0 Å². The summed E-state index contributed by atoms with van der Waals surface area (Å²) in [4.78, 5) is 10.9. The Hall–Kier alpha value is -1.08. The van der Waals surface area contributed by atoms with Crippen molar-refractivity contribution in [2.75, 3.05) is 11.5 Å². The normalized spacial score (nSPS) is 19.5. The standard InChI is InChI=1S/C12H13BrO5S/c1-7(12(14)15)8-2-3-11(10(13)4-8)18-9-5-19(16,17)6-9/h2-4,7,9H,5-6H2,1H3,(H,14,15). The zero-order chi connectivity index (χ0) is 14.2. The first-order valence-electron chi connectivity index (χ1n) is 5.68. The van der Waals surface area contributed by atoms with Gasteiger partial charge in [-0.15, -0.1) is 0 Å². The predicted molar refractivity (Wildman–Crippen MR) is 73.3 cm³/mol. The van der Waals surface area contributed by atoms with Gasteiger partial charge in [-0.2, -0.15) is 0 Å². The third kappa shape index (κ3) is 3.27. The average Bonchev–Trinajstić information content (AvgIpc) is 2.28. The van der Waals surface area contributed by atoms with E-state index in [9.17, 15) is 13.2 Å². The van der Waals surface area contributed by atoms with Crippen molar-refractivity contribution >= 4 is 31.7 Å². The molecule has 0 aromatic heterocycles. The Kier molecular flexibility index (Phi) is 3.87. The second kappa shape index (κ2) is 5.13. The Morgan fingerprint density at radius 1 is 1.47 bits per heavy atom. The van der Waals surface area contributed by atoms with E-state index in [0.29, 0.717) is 15.8 Å². The molecule has 2 rings (SSSR count). The molecule has 104 valence electrons. The third-order valence-corrected chi connectivity index (χ3v) is 5.38. The van der Waals surface area contributed by atoms with Crippen molar-refractivity contribution in [1.82, 2.24) is 0 Å². The molecule has 1 aliphatic rings. The molecule has 7 heteroatoms. The number of hydrogen-bond donors (Lipinski definition) is 1. The van der Waals surface area contributed by atoms with Crippen LogP contribution >= 0.6 is 15.9 Å². The summed E-state index contributed by atoms with van der Waals surface area (Å²) in [5.41, 5.74) is 0.660.